The minimum atomic E-state index is -1.15. The fourth-order valence-electron chi connectivity index (χ4n) is 3.31. The number of carbonyl (C=O) groups excluding carboxylic acids is 2. The third-order valence-corrected chi connectivity index (χ3v) is 5.46. The summed E-state index contributed by atoms with van der Waals surface area (Å²) in [6.07, 6.45) is 9.56. The van der Waals surface area contributed by atoms with Crippen molar-refractivity contribution in [2.75, 3.05) is 19.8 Å². The topological polar surface area (TPSA) is 102 Å². The zero-order valence-corrected chi connectivity index (χ0v) is 20.5. The molecule has 7 nitrogen and oxygen atoms in total. The van der Waals surface area contributed by atoms with Gasteiger partial charge in [-0.05, 0) is 31.2 Å². The normalized spacial score (nSPS) is 11.7. The van der Waals surface area contributed by atoms with Gasteiger partial charge < -0.3 is 19.9 Å². The zero-order chi connectivity index (χ0) is 25.2. The van der Waals surface area contributed by atoms with Gasteiger partial charge in [0.15, 0.2) is 0 Å². The molecule has 0 radical (unpaired) electrons. The van der Waals surface area contributed by atoms with Crippen molar-refractivity contribution in [3.8, 4) is 5.75 Å². The first-order valence-corrected chi connectivity index (χ1v) is 12.2. The number of carboxylic acid groups (broad SMARTS) is 1. The van der Waals surface area contributed by atoms with Gasteiger partial charge in [-0.25, -0.2) is 9.59 Å². The molecule has 1 unspecified atom stereocenters. The van der Waals surface area contributed by atoms with E-state index in [0.29, 0.717) is 42.6 Å². The van der Waals surface area contributed by atoms with Crippen LogP contribution in [0.15, 0.2) is 43.0 Å². The second-order valence-corrected chi connectivity index (χ2v) is 8.21. The molecule has 1 rings (SSSR count). The average molecular weight is 474 g/mol. The van der Waals surface area contributed by atoms with Gasteiger partial charge in [0.1, 0.15) is 5.75 Å². The van der Waals surface area contributed by atoms with Crippen LogP contribution in [0.5, 0.6) is 5.75 Å². The highest BCUT2D eigenvalue weighted by molar-refractivity contribution is 6.16. The summed E-state index contributed by atoms with van der Waals surface area (Å²) in [6.45, 7) is 9.61. The summed E-state index contributed by atoms with van der Waals surface area (Å²) in [7, 11) is 0. The van der Waals surface area contributed by atoms with Crippen LogP contribution in [0.1, 0.15) is 70.8 Å². The number of amides is 1. The van der Waals surface area contributed by atoms with E-state index in [1.54, 1.807) is 0 Å². The van der Waals surface area contributed by atoms with Gasteiger partial charge in [0, 0.05) is 24.3 Å². The Kier molecular flexibility index (Phi) is 14.8. The minimum absolute atomic E-state index is 0.300. The second kappa shape index (κ2) is 17.4. The number of nitrogens with one attached hydrogen (secondary N) is 1. The van der Waals surface area contributed by atoms with Gasteiger partial charge in [0.25, 0.3) is 0 Å². The Hall–Kier alpha value is -3.09. The first-order valence-electron chi connectivity index (χ1n) is 12.2. The maximum absolute atomic E-state index is 12.5. The minimum Gasteiger partial charge on any atom is -0.493 e. The Labute approximate surface area is 203 Å². The van der Waals surface area contributed by atoms with E-state index in [0.717, 1.165) is 63.5 Å². The molecule has 0 aromatic heterocycles. The molecule has 0 spiro atoms. The molecule has 1 aromatic rings. The Morgan fingerprint density at radius 3 is 2.50 bits per heavy atom. The van der Waals surface area contributed by atoms with Gasteiger partial charge in [0.2, 0.25) is 5.91 Å². The average Bonchev–Trinajstić information content (AvgIpc) is 2.84. The number of carbonyl (C=O) groups is 3. The molecule has 0 bridgehead atoms. The van der Waals surface area contributed by atoms with Crippen LogP contribution in [-0.4, -0.2) is 42.7 Å². The summed E-state index contributed by atoms with van der Waals surface area (Å²) >= 11 is 0. The lowest BCUT2D eigenvalue weighted by Crippen LogP contribution is -2.22. The van der Waals surface area contributed by atoms with Crippen LogP contribution < -0.4 is 10.1 Å². The predicted molar refractivity (Wildman–Crippen MR) is 133 cm³/mol. The fourth-order valence-corrected chi connectivity index (χ4v) is 3.31. The molecule has 0 fully saturated rings. The quantitative estimate of drug-likeness (QED) is 0.174. The molecule has 0 aliphatic carbocycles. The summed E-state index contributed by atoms with van der Waals surface area (Å²) in [4.78, 5) is 34.3. The maximum atomic E-state index is 12.5. The van der Waals surface area contributed by atoms with Crippen molar-refractivity contribution in [1.29, 1.82) is 0 Å². The fraction of sp³-hybridized carbons (Fsp3) is 0.519. The highest BCUT2D eigenvalue weighted by Crippen LogP contribution is 2.26. The Morgan fingerprint density at radius 2 is 1.79 bits per heavy atom. The van der Waals surface area contributed by atoms with Crippen molar-refractivity contribution in [3.63, 3.8) is 0 Å². The number of aliphatic carboxylic acids is 1. The van der Waals surface area contributed by atoms with E-state index in [-0.39, 0.29) is 0 Å². The van der Waals surface area contributed by atoms with Crippen molar-refractivity contribution in [2.24, 2.45) is 5.92 Å². The lowest BCUT2D eigenvalue weighted by Gasteiger charge is -2.16. The molecule has 7 heteroatoms. The predicted octanol–water partition coefficient (Wildman–Crippen LogP) is 5.16. The van der Waals surface area contributed by atoms with Crippen molar-refractivity contribution in [3.05, 3.63) is 48.6 Å². The number of ether oxygens (including phenoxy) is 2. The van der Waals surface area contributed by atoms with Crippen molar-refractivity contribution in [2.45, 2.75) is 65.2 Å². The number of hydrogen-bond acceptors (Lipinski definition) is 5. The number of benzene rings is 1. The monoisotopic (exact) mass is 473 g/mol. The maximum Gasteiger partial charge on any atom is 0.338 e. The Bertz CT molecular complexity index is 817. The molecular weight excluding hydrogens is 434 g/mol. The molecule has 0 heterocycles. The van der Waals surface area contributed by atoms with Gasteiger partial charge >= 0.3 is 11.9 Å². The lowest BCUT2D eigenvalue weighted by molar-refractivity contribution is -0.138. The van der Waals surface area contributed by atoms with Crippen molar-refractivity contribution < 1.29 is 29.0 Å². The number of unbranched alkanes of at least 4 members (excludes halogenated alkanes) is 4. The van der Waals surface area contributed by atoms with E-state index in [1.165, 1.54) is 0 Å². The third kappa shape index (κ3) is 12.2. The van der Waals surface area contributed by atoms with Crippen molar-refractivity contribution >= 4 is 23.4 Å². The van der Waals surface area contributed by atoms with Crippen LogP contribution in [-0.2, 0) is 19.1 Å². The molecule has 0 saturated carbocycles. The van der Waals surface area contributed by atoms with Gasteiger partial charge in [-0.3, -0.25) is 4.79 Å². The summed E-state index contributed by atoms with van der Waals surface area (Å²) in [5.41, 5.74) is 0.944. The van der Waals surface area contributed by atoms with E-state index in [2.05, 4.69) is 25.7 Å². The largest absolute Gasteiger partial charge is 0.493 e. The molecule has 1 amide bonds. The third-order valence-electron chi connectivity index (χ3n) is 5.46. The molecule has 0 aliphatic rings. The van der Waals surface area contributed by atoms with Crippen LogP contribution >= 0.6 is 0 Å². The number of para-hydroxylation sites is 1. The van der Waals surface area contributed by atoms with E-state index < -0.39 is 17.8 Å². The Balaban J connectivity index is 2.37. The molecular formula is C27H39NO6. The van der Waals surface area contributed by atoms with Crippen LogP contribution in [0.3, 0.4) is 0 Å². The van der Waals surface area contributed by atoms with Crippen LogP contribution in [0, 0.1) is 5.92 Å². The molecule has 0 saturated heterocycles. The molecule has 1 aromatic carbocycles. The standard InChI is InChI=1S/C27H39NO6/c1-4-6-13-22(5-2)20-34-27(32)21(3)23-14-9-10-15-24(23)33-19-12-8-7-11-18-28-25(29)16-17-26(30)31/h9-10,14-17,22H,3-8,11-13,18-20H2,1-2H3,(H,28,29)(H,30,31)/b17-16-. The lowest BCUT2D eigenvalue weighted by atomic mass is 10.0. The smallest absolute Gasteiger partial charge is 0.338 e. The van der Waals surface area contributed by atoms with Gasteiger partial charge in [-0.1, -0.05) is 70.7 Å². The van der Waals surface area contributed by atoms with Crippen LogP contribution in [0.4, 0.5) is 0 Å². The first kappa shape index (κ1) is 28.9. The molecule has 34 heavy (non-hydrogen) atoms. The summed E-state index contributed by atoms with van der Waals surface area (Å²) in [6, 6.07) is 7.34. The first-order chi connectivity index (χ1) is 16.4. The zero-order valence-electron chi connectivity index (χ0n) is 20.5. The van der Waals surface area contributed by atoms with Crippen LogP contribution in [0.25, 0.3) is 5.57 Å². The highest BCUT2D eigenvalue weighted by atomic mass is 16.5. The van der Waals surface area contributed by atoms with Gasteiger partial charge in [-0.15, -0.1) is 0 Å². The molecule has 188 valence electrons. The number of esters is 1. The van der Waals surface area contributed by atoms with E-state index in [1.807, 2.05) is 24.3 Å². The summed E-state index contributed by atoms with van der Waals surface area (Å²) < 4.78 is 11.4. The van der Waals surface area contributed by atoms with E-state index in [4.69, 9.17) is 14.6 Å². The highest BCUT2D eigenvalue weighted by Gasteiger charge is 2.17. The molecule has 1 atom stereocenters. The summed E-state index contributed by atoms with van der Waals surface area (Å²) in [5, 5.41) is 11.1. The van der Waals surface area contributed by atoms with E-state index >= 15 is 0 Å². The number of hydrogen-bond donors (Lipinski definition) is 2. The molecule has 0 aliphatic heterocycles. The van der Waals surface area contributed by atoms with Gasteiger partial charge in [0.05, 0.1) is 18.8 Å². The second-order valence-electron chi connectivity index (χ2n) is 8.21. The van der Waals surface area contributed by atoms with Crippen molar-refractivity contribution in [1.82, 2.24) is 5.32 Å². The van der Waals surface area contributed by atoms with Gasteiger partial charge in [-0.2, -0.15) is 0 Å². The summed E-state index contributed by atoms with van der Waals surface area (Å²) in [5.74, 6) is -0.985. The van der Waals surface area contributed by atoms with E-state index in [9.17, 15) is 14.4 Å². The molecule has 2 N–H and O–H groups in total. The number of carboxylic acids is 1. The number of rotatable bonds is 18. The SMILES string of the molecule is C=C(C(=O)OCC(CC)CCCC)c1ccccc1OCCCCCCNC(=O)/C=C\C(=O)O. The Morgan fingerprint density at radius 1 is 1.06 bits per heavy atom. The van der Waals surface area contributed by atoms with Crippen LogP contribution in [0.2, 0.25) is 0 Å².